The van der Waals surface area contributed by atoms with Crippen LogP contribution in [-0.2, 0) is 0 Å². The molecular weight excluding hydrogens is 400 g/mol. The maximum Gasteiger partial charge on any atom is 0.279 e. The Morgan fingerprint density at radius 1 is 1.16 bits per heavy atom. The van der Waals surface area contributed by atoms with Gasteiger partial charge in [-0.05, 0) is 56.4 Å². The molecule has 1 saturated carbocycles. The second-order valence-electron chi connectivity index (χ2n) is 7.97. The summed E-state index contributed by atoms with van der Waals surface area (Å²) < 4.78 is 29.3. The molecule has 1 aromatic heterocycles. The first-order valence-electron chi connectivity index (χ1n) is 10.6. The lowest BCUT2D eigenvalue weighted by atomic mass is 9.77. The number of rotatable bonds is 6. The minimum Gasteiger partial charge on any atom is -0.345 e. The molecular formula is C24H25F2N3O2. The van der Waals surface area contributed by atoms with Crippen molar-refractivity contribution in [1.29, 1.82) is 0 Å². The van der Waals surface area contributed by atoms with E-state index >= 15 is 0 Å². The number of carbonyl (C=O) groups is 1. The Balaban J connectivity index is 1.81. The largest absolute Gasteiger partial charge is 0.345 e. The summed E-state index contributed by atoms with van der Waals surface area (Å²) in [5, 5.41) is 3.24. The number of nitrogens with zero attached hydrogens (tertiary/aromatic N) is 1. The van der Waals surface area contributed by atoms with Crippen molar-refractivity contribution in [3.8, 4) is 0 Å². The van der Waals surface area contributed by atoms with Crippen LogP contribution in [0.1, 0.15) is 53.8 Å². The van der Waals surface area contributed by atoms with Crippen LogP contribution in [0.25, 0.3) is 10.8 Å². The zero-order valence-electron chi connectivity index (χ0n) is 17.5. The molecule has 5 nitrogen and oxygen atoms in total. The number of benzene rings is 2. The molecule has 3 aromatic rings. The zero-order chi connectivity index (χ0) is 22.1. The maximum absolute atomic E-state index is 14.6. The molecule has 0 bridgehead atoms. The lowest BCUT2D eigenvalue weighted by Crippen LogP contribution is -2.39. The first kappa shape index (κ1) is 21.0. The topological polar surface area (TPSA) is 63.1 Å². The Bertz CT molecular complexity index is 1180. The molecule has 162 valence electrons. The van der Waals surface area contributed by atoms with Crippen molar-refractivity contribution in [2.45, 2.75) is 39.2 Å². The van der Waals surface area contributed by atoms with E-state index < -0.39 is 11.4 Å². The van der Waals surface area contributed by atoms with Gasteiger partial charge in [0.1, 0.15) is 11.6 Å². The molecule has 0 saturated heterocycles. The van der Waals surface area contributed by atoms with Gasteiger partial charge in [-0.25, -0.2) is 13.5 Å². The van der Waals surface area contributed by atoms with E-state index in [1.165, 1.54) is 28.9 Å². The van der Waals surface area contributed by atoms with Crippen LogP contribution in [0.15, 0.2) is 47.3 Å². The van der Waals surface area contributed by atoms with E-state index in [2.05, 4.69) is 10.7 Å². The van der Waals surface area contributed by atoms with E-state index in [-0.39, 0.29) is 40.0 Å². The number of pyridine rings is 1. The highest BCUT2D eigenvalue weighted by molar-refractivity contribution is 6.08. The summed E-state index contributed by atoms with van der Waals surface area (Å²) in [6.07, 6.45) is 3.01. The van der Waals surface area contributed by atoms with Crippen molar-refractivity contribution in [3.63, 3.8) is 0 Å². The van der Waals surface area contributed by atoms with Gasteiger partial charge in [0.25, 0.3) is 11.5 Å². The van der Waals surface area contributed by atoms with Crippen LogP contribution < -0.4 is 16.3 Å². The summed E-state index contributed by atoms with van der Waals surface area (Å²) >= 11 is 0. The van der Waals surface area contributed by atoms with E-state index in [0.717, 1.165) is 24.8 Å². The van der Waals surface area contributed by atoms with Crippen molar-refractivity contribution in [1.82, 2.24) is 9.99 Å². The van der Waals surface area contributed by atoms with Crippen LogP contribution in [0.2, 0.25) is 0 Å². The highest BCUT2D eigenvalue weighted by Crippen LogP contribution is 2.38. The summed E-state index contributed by atoms with van der Waals surface area (Å²) in [5.74, 6) is -1.15. The van der Waals surface area contributed by atoms with Crippen LogP contribution in [-0.4, -0.2) is 17.1 Å². The summed E-state index contributed by atoms with van der Waals surface area (Å²) in [6.45, 7) is 3.92. The number of carbonyl (C=O) groups excluding carboxylic acids is 1. The molecule has 1 amide bonds. The smallest absolute Gasteiger partial charge is 0.279 e. The van der Waals surface area contributed by atoms with Gasteiger partial charge in [0, 0.05) is 11.9 Å². The van der Waals surface area contributed by atoms with Gasteiger partial charge in [-0.1, -0.05) is 30.7 Å². The van der Waals surface area contributed by atoms with Crippen molar-refractivity contribution in [2.24, 2.45) is 5.92 Å². The summed E-state index contributed by atoms with van der Waals surface area (Å²) in [7, 11) is 0. The molecule has 1 heterocycles. The zero-order valence-corrected chi connectivity index (χ0v) is 17.5. The van der Waals surface area contributed by atoms with Gasteiger partial charge in [0.15, 0.2) is 0 Å². The monoisotopic (exact) mass is 425 g/mol. The van der Waals surface area contributed by atoms with Crippen LogP contribution >= 0.6 is 0 Å². The minimum atomic E-state index is -0.669. The number of hydrogen-bond donors (Lipinski definition) is 2. The third-order valence-corrected chi connectivity index (χ3v) is 6.08. The molecule has 1 atom stereocenters. The fourth-order valence-electron chi connectivity index (χ4n) is 4.29. The first-order chi connectivity index (χ1) is 14.9. The lowest BCUT2D eigenvalue weighted by Gasteiger charge is -2.35. The molecule has 0 aliphatic heterocycles. The van der Waals surface area contributed by atoms with Crippen molar-refractivity contribution < 1.29 is 13.6 Å². The predicted molar refractivity (Wildman–Crippen MR) is 117 cm³/mol. The average molecular weight is 425 g/mol. The van der Waals surface area contributed by atoms with Crippen molar-refractivity contribution in [2.75, 3.05) is 12.0 Å². The van der Waals surface area contributed by atoms with Crippen molar-refractivity contribution >= 4 is 16.7 Å². The standard InChI is InChI=1S/C24H25F2N3O2/c1-3-27-29-14(2)20(18-8-5-9-19(26)21(18)24(29)31)23(30)28-22(15-6-4-7-15)16-10-12-17(25)13-11-16/h5,8-13,15,22,27H,3-4,6-7H2,1-2H3,(H,28,30)/t22-/m0/s1. The molecule has 2 N–H and O–H groups in total. The Hall–Kier alpha value is -3.22. The molecule has 1 aliphatic rings. The summed E-state index contributed by atoms with van der Waals surface area (Å²) in [5.41, 5.74) is 3.87. The number of fused-ring (bicyclic) bond motifs is 1. The number of amides is 1. The van der Waals surface area contributed by atoms with E-state index in [4.69, 9.17) is 0 Å². The minimum absolute atomic E-state index is 0.124. The fourth-order valence-corrected chi connectivity index (χ4v) is 4.29. The average Bonchev–Trinajstić information content (AvgIpc) is 2.70. The lowest BCUT2D eigenvalue weighted by molar-refractivity contribution is 0.0901. The molecule has 4 rings (SSSR count). The molecule has 2 aromatic carbocycles. The highest BCUT2D eigenvalue weighted by Gasteiger charge is 2.31. The van der Waals surface area contributed by atoms with Gasteiger partial charge in [-0.3, -0.25) is 9.59 Å². The Labute approximate surface area is 179 Å². The summed E-state index contributed by atoms with van der Waals surface area (Å²) in [4.78, 5) is 26.4. The normalized spacial score (nSPS) is 14.8. The Morgan fingerprint density at radius 2 is 1.87 bits per heavy atom. The number of nitrogens with one attached hydrogen (secondary N) is 2. The van der Waals surface area contributed by atoms with E-state index in [0.29, 0.717) is 12.2 Å². The van der Waals surface area contributed by atoms with Gasteiger partial charge in [-0.2, -0.15) is 0 Å². The second kappa shape index (κ2) is 8.49. The molecule has 1 aliphatic carbocycles. The van der Waals surface area contributed by atoms with Crippen molar-refractivity contribution in [3.05, 3.63) is 81.3 Å². The molecule has 7 heteroatoms. The third kappa shape index (κ3) is 3.80. The molecule has 31 heavy (non-hydrogen) atoms. The molecule has 0 unspecified atom stereocenters. The second-order valence-corrected chi connectivity index (χ2v) is 7.97. The van der Waals surface area contributed by atoms with Gasteiger partial charge < -0.3 is 10.7 Å². The fraction of sp³-hybridized carbons (Fsp3) is 0.333. The quantitative estimate of drug-likeness (QED) is 0.615. The molecule has 0 spiro atoms. The third-order valence-electron chi connectivity index (χ3n) is 6.08. The number of hydrogen-bond acceptors (Lipinski definition) is 3. The van der Waals surface area contributed by atoms with E-state index in [1.807, 2.05) is 6.92 Å². The van der Waals surface area contributed by atoms with E-state index in [9.17, 15) is 18.4 Å². The highest BCUT2D eigenvalue weighted by atomic mass is 19.1. The Kier molecular flexibility index (Phi) is 5.76. The molecule has 1 fully saturated rings. The number of halogens is 2. The number of aromatic nitrogens is 1. The first-order valence-corrected chi connectivity index (χ1v) is 10.6. The Morgan fingerprint density at radius 3 is 2.48 bits per heavy atom. The molecule has 0 radical (unpaired) electrons. The van der Waals surface area contributed by atoms with Crippen LogP contribution in [0, 0.1) is 24.5 Å². The SMILES string of the molecule is CCNn1c(C)c(C(=O)N[C@H](c2ccc(F)cc2)C2CCC2)c2cccc(F)c2c1=O. The van der Waals surface area contributed by atoms with Crippen LogP contribution in [0.4, 0.5) is 8.78 Å². The van der Waals surface area contributed by atoms with Gasteiger partial charge >= 0.3 is 0 Å². The van der Waals surface area contributed by atoms with Crippen LogP contribution in [0.3, 0.4) is 0 Å². The van der Waals surface area contributed by atoms with E-state index in [1.54, 1.807) is 25.1 Å². The predicted octanol–water partition coefficient (Wildman–Crippen LogP) is 4.42. The van der Waals surface area contributed by atoms with Crippen LogP contribution in [0.5, 0.6) is 0 Å². The maximum atomic E-state index is 14.6. The van der Waals surface area contributed by atoms with Gasteiger partial charge in [-0.15, -0.1) is 0 Å². The van der Waals surface area contributed by atoms with Gasteiger partial charge in [0.05, 0.1) is 22.7 Å². The van der Waals surface area contributed by atoms with Gasteiger partial charge in [0.2, 0.25) is 0 Å². The summed E-state index contributed by atoms with van der Waals surface area (Å²) in [6, 6.07) is 10.1.